The second-order valence-corrected chi connectivity index (χ2v) is 7.83. The summed E-state index contributed by atoms with van der Waals surface area (Å²) in [6.07, 6.45) is 3.92. The van der Waals surface area contributed by atoms with E-state index in [9.17, 15) is 0 Å². The molecular weight excluding hydrogens is 272 g/mol. The standard InChI is InChI=1S/C15H20N2S2/c1-3-18-12-6-5-11(9-12)16-15-17-13-8-10(2)4-7-14(13)19-15/h4,7-8,11-12H,3,5-6,9H2,1-2H3,(H,16,17). The summed E-state index contributed by atoms with van der Waals surface area (Å²) in [5, 5.41) is 5.57. The molecule has 1 fully saturated rings. The SMILES string of the molecule is CCSC1CCC(Nc2nc3cc(C)ccc3s2)C1. The smallest absolute Gasteiger partial charge is 0.184 e. The number of benzene rings is 1. The Labute approximate surface area is 123 Å². The Morgan fingerprint density at radius 3 is 3.16 bits per heavy atom. The maximum atomic E-state index is 4.71. The van der Waals surface area contributed by atoms with Crippen LogP contribution in [0.25, 0.3) is 10.2 Å². The predicted molar refractivity (Wildman–Crippen MR) is 87.5 cm³/mol. The molecule has 2 atom stereocenters. The van der Waals surface area contributed by atoms with Crippen LogP contribution in [-0.4, -0.2) is 22.0 Å². The highest BCUT2D eigenvalue weighted by atomic mass is 32.2. The number of hydrogen-bond acceptors (Lipinski definition) is 4. The van der Waals surface area contributed by atoms with Crippen LogP contribution in [0.1, 0.15) is 31.7 Å². The summed E-state index contributed by atoms with van der Waals surface area (Å²) in [5.74, 6) is 1.23. The normalized spacial score (nSPS) is 23.1. The number of hydrogen-bond donors (Lipinski definition) is 1. The lowest BCUT2D eigenvalue weighted by molar-refractivity contribution is 0.756. The van der Waals surface area contributed by atoms with Crippen LogP contribution in [0, 0.1) is 6.92 Å². The molecule has 0 saturated heterocycles. The Morgan fingerprint density at radius 1 is 1.42 bits per heavy atom. The zero-order valence-corrected chi connectivity index (χ0v) is 13.1. The molecule has 1 saturated carbocycles. The molecule has 1 aliphatic rings. The molecule has 1 N–H and O–H groups in total. The Kier molecular flexibility index (Phi) is 3.99. The van der Waals surface area contributed by atoms with E-state index >= 15 is 0 Å². The van der Waals surface area contributed by atoms with Crippen LogP contribution >= 0.6 is 23.1 Å². The zero-order chi connectivity index (χ0) is 13.2. The van der Waals surface area contributed by atoms with Gasteiger partial charge in [0, 0.05) is 11.3 Å². The molecule has 2 aromatic rings. The Balaban J connectivity index is 1.68. The maximum absolute atomic E-state index is 4.71. The first-order valence-corrected chi connectivity index (χ1v) is 8.86. The fourth-order valence-corrected chi connectivity index (χ4v) is 4.80. The second-order valence-electron chi connectivity index (χ2n) is 5.22. The van der Waals surface area contributed by atoms with Gasteiger partial charge in [-0.05, 0) is 49.6 Å². The molecule has 4 heteroatoms. The first-order valence-electron chi connectivity index (χ1n) is 7.00. The molecule has 1 aromatic carbocycles. The average molecular weight is 292 g/mol. The van der Waals surface area contributed by atoms with Crippen molar-refractivity contribution in [3.8, 4) is 0 Å². The lowest BCUT2D eigenvalue weighted by Gasteiger charge is -2.11. The topological polar surface area (TPSA) is 24.9 Å². The number of rotatable bonds is 4. The largest absolute Gasteiger partial charge is 0.359 e. The van der Waals surface area contributed by atoms with Crippen molar-refractivity contribution in [3.05, 3.63) is 23.8 Å². The number of aromatic nitrogens is 1. The van der Waals surface area contributed by atoms with Gasteiger partial charge in [0.25, 0.3) is 0 Å². The first-order chi connectivity index (χ1) is 9.24. The van der Waals surface area contributed by atoms with Crippen LogP contribution in [0.3, 0.4) is 0 Å². The number of aryl methyl sites for hydroxylation is 1. The molecule has 1 aromatic heterocycles. The van der Waals surface area contributed by atoms with Crippen molar-refractivity contribution >= 4 is 38.4 Å². The molecular formula is C15H20N2S2. The van der Waals surface area contributed by atoms with E-state index in [2.05, 4.69) is 49.1 Å². The van der Waals surface area contributed by atoms with Crippen molar-refractivity contribution < 1.29 is 0 Å². The van der Waals surface area contributed by atoms with Gasteiger partial charge in [0.05, 0.1) is 10.2 Å². The molecule has 0 amide bonds. The van der Waals surface area contributed by atoms with Crippen molar-refractivity contribution in [1.82, 2.24) is 4.98 Å². The van der Waals surface area contributed by atoms with Gasteiger partial charge < -0.3 is 5.32 Å². The third-order valence-electron chi connectivity index (χ3n) is 3.66. The molecule has 0 aliphatic heterocycles. The molecule has 3 rings (SSSR count). The van der Waals surface area contributed by atoms with Gasteiger partial charge in [-0.2, -0.15) is 11.8 Å². The van der Waals surface area contributed by atoms with Crippen molar-refractivity contribution in [1.29, 1.82) is 0 Å². The monoisotopic (exact) mass is 292 g/mol. The molecule has 2 nitrogen and oxygen atoms in total. The first kappa shape index (κ1) is 13.3. The summed E-state index contributed by atoms with van der Waals surface area (Å²) in [4.78, 5) is 4.71. The number of anilines is 1. The molecule has 1 heterocycles. The Hall–Kier alpha value is -0.740. The van der Waals surface area contributed by atoms with Crippen molar-refractivity contribution in [2.24, 2.45) is 0 Å². The third kappa shape index (κ3) is 3.06. The van der Waals surface area contributed by atoms with Crippen LogP contribution in [0.5, 0.6) is 0 Å². The summed E-state index contributed by atoms with van der Waals surface area (Å²) in [6, 6.07) is 7.12. The molecule has 0 radical (unpaired) electrons. The summed E-state index contributed by atoms with van der Waals surface area (Å²) in [7, 11) is 0. The van der Waals surface area contributed by atoms with Gasteiger partial charge in [-0.3, -0.25) is 0 Å². The third-order valence-corrected chi connectivity index (χ3v) is 5.86. The van der Waals surface area contributed by atoms with Crippen LogP contribution in [0.4, 0.5) is 5.13 Å². The fourth-order valence-electron chi connectivity index (χ4n) is 2.73. The van der Waals surface area contributed by atoms with E-state index in [4.69, 9.17) is 4.98 Å². The minimum absolute atomic E-state index is 0.616. The molecule has 19 heavy (non-hydrogen) atoms. The van der Waals surface area contributed by atoms with E-state index in [-0.39, 0.29) is 0 Å². The zero-order valence-electron chi connectivity index (χ0n) is 11.5. The summed E-state index contributed by atoms with van der Waals surface area (Å²) in [5.41, 5.74) is 2.41. The highest BCUT2D eigenvalue weighted by molar-refractivity contribution is 7.99. The minimum atomic E-state index is 0.616. The van der Waals surface area contributed by atoms with Gasteiger partial charge in [-0.1, -0.05) is 24.3 Å². The minimum Gasteiger partial charge on any atom is -0.359 e. The number of fused-ring (bicyclic) bond motifs is 1. The van der Waals surface area contributed by atoms with E-state index in [0.717, 1.165) is 15.9 Å². The van der Waals surface area contributed by atoms with Crippen LogP contribution in [0.2, 0.25) is 0 Å². The van der Waals surface area contributed by atoms with Gasteiger partial charge >= 0.3 is 0 Å². The van der Waals surface area contributed by atoms with Crippen molar-refractivity contribution in [2.75, 3.05) is 11.1 Å². The molecule has 0 bridgehead atoms. The lowest BCUT2D eigenvalue weighted by Crippen LogP contribution is -2.15. The molecule has 0 spiro atoms. The fraction of sp³-hybridized carbons (Fsp3) is 0.533. The highest BCUT2D eigenvalue weighted by Crippen LogP contribution is 2.33. The molecule has 102 valence electrons. The average Bonchev–Trinajstić information content (AvgIpc) is 2.96. The molecule has 2 unspecified atom stereocenters. The summed E-state index contributed by atoms with van der Waals surface area (Å²) >= 11 is 3.88. The van der Waals surface area contributed by atoms with E-state index in [1.165, 1.54) is 35.3 Å². The van der Waals surface area contributed by atoms with Gasteiger partial charge in [-0.15, -0.1) is 0 Å². The van der Waals surface area contributed by atoms with E-state index in [0.29, 0.717) is 6.04 Å². The van der Waals surface area contributed by atoms with Crippen LogP contribution in [0.15, 0.2) is 18.2 Å². The number of nitrogens with one attached hydrogen (secondary N) is 1. The van der Waals surface area contributed by atoms with Crippen molar-refractivity contribution in [2.45, 2.75) is 44.4 Å². The van der Waals surface area contributed by atoms with Gasteiger partial charge in [0.2, 0.25) is 0 Å². The summed E-state index contributed by atoms with van der Waals surface area (Å²) in [6.45, 7) is 4.37. The lowest BCUT2D eigenvalue weighted by atomic mass is 10.2. The number of thiazole rings is 1. The Morgan fingerprint density at radius 2 is 2.32 bits per heavy atom. The predicted octanol–water partition coefficient (Wildman–Crippen LogP) is 4.69. The van der Waals surface area contributed by atoms with E-state index in [1.807, 2.05) is 0 Å². The quantitative estimate of drug-likeness (QED) is 0.885. The van der Waals surface area contributed by atoms with Gasteiger partial charge in [0.15, 0.2) is 5.13 Å². The van der Waals surface area contributed by atoms with Gasteiger partial charge in [-0.25, -0.2) is 4.98 Å². The number of thioether (sulfide) groups is 1. The molecule has 1 aliphatic carbocycles. The van der Waals surface area contributed by atoms with Gasteiger partial charge in [0.1, 0.15) is 0 Å². The van der Waals surface area contributed by atoms with Crippen LogP contribution in [-0.2, 0) is 0 Å². The maximum Gasteiger partial charge on any atom is 0.184 e. The van der Waals surface area contributed by atoms with E-state index < -0.39 is 0 Å². The van der Waals surface area contributed by atoms with E-state index in [1.54, 1.807) is 11.3 Å². The summed E-state index contributed by atoms with van der Waals surface area (Å²) < 4.78 is 1.28. The van der Waals surface area contributed by atoms with Crippen LogP contribution < -0.4 is 5.32 Å². The second kappa shape index (κ2) is 5.71. The highest BCUT2D eigenvalue weighted by Gasteiger charge is 2.25. The van der Waals surface area contributed by atoms with Crippen molar-refractivity contribution in [3.63, 3.8) is 0 Å². The number of nitrogens with zero attached hydrogens (tertiary/aromatic N) is 1. The Bertz CT molecular complexity index is 564.